The molecule has 1 rings (SSSR count). The van der Waals surface area contributed by atoms with E-state index in [1.54, 1.807) is 0 Å². The van der Waals surface area contributed by atoms with E-state index in [1.165, 1.54) is 11.1 Å². The summed E-state index contributed by atoms with van der Waals surface area (Å²) in [7, 11) is 0. The van der Waals surface area contributed by atoms with Gasteiger partial charge in [-0.25, -0.2) is 0 Å². The van der Waals surface area contributed by atoms with E-state index in [0.717, 1.165) is 0 Å². The summed E-state index contributed by atoms with van der Waals surface area (Å²) in [5.74, 6) is 0. The number of benzene rings is 1. The average molecular weight is 325 g/mol. The van der Waals surface area contributed by atoms with Gasteiger partial charge in [0.25, 0.3) is 0 Å². The minimum Gasteiger partial charge on any atom is -0.396 e. The molecule has 0 amide bonds. The summed E-state index contributed by atoms with van der Waals surface area (Å²) in [6.07, 6.45) is 0. The maximum Gasteiger partial charge on any atom is 0.503 e. The fourth-order valence-corrected chi connectivity index (χ4v) is 1.30. The Morgan fingerprint density at radius 1 is 1.27 bits per heavy atom. The number of aryl methyl sites for hydroxylation is 1. The molecule has 1 aromatic carbocycles. The molecule has 0 saturated carbocycles. The molecule has 0 spiro atoms. The Balaban J connectivity index is 0.000000423. The summed E-state index contributed by atoms with van der Waals surface area (Å²) in [4.78, 5) is 0. The third-order valence-electron chi connectivity index (χ3n) is 1.84. The highest BCUT2D eigenvalue weighted by Crippen LogP contribution is 2.19. The fourth-order valence-electron chi connectivity index (χ4n) is 1.30. The van der Waals surface area contributed by atoms with Gasteiger partial charge in [0.2, 0.25) is 0 Å². The second-order valence-corrected chi connectivity index (χ2v) is 4.89. The monoisotopic (exact) mass is 325 g/mol. The predicted octanol–water partition coefficient (Wildman–Crippen LogP) is -3.74. The fraction of sp³-hybridized carbons (Fsp3) is 0.400. The molecule has 0 saturated heterocycles. The average Bonchev–Trinajstić information content (AvgIpc) is 2.01. The molecule has 4 nitrogen and oxygen atoms in total. The molecule has 86 valence electrons. The van der Waals surface area contributed by atoms with Crippen LogP contribution in [0.15, 0.2) is 24.3 Å². The quantitative estimate of drug-likeness (QED) is 0.519. The normalized spacial score (nSPS) is 10.9. The van der Waals surface area contributed by atoms with Crippen LogP contribution >= 0.6 is 0 Å². The number of nitrogens with two attached hydrogens (primary N) is 1. The summed E-state index contributed by atoms with van der Waals surface area (Å²) in [6.45, 7) is 6.13. The maximum absolute atomic E-state index is 8.68. The zero-order chi connectivity index (χ0) is 12.1. The van der Waals surface area contributed by atoms with Crippen molar-refractivity contribution in [2.45, 2.75) is 26.3 Å². The van der Waals surface area contributed by atoms with E-state index in [4.69, 9.17) is 16.0 Å². The lowest BCUT2D eigenvalue weighted by molar-refractivity contribution is -1.63. The predicted molar refractivity (Wildman–Crippen MR) is 50.6 cm³/mol. The topological polar surface area (TPSA) is 92.4 Å². The smallest absolute Gasteiger partial charge is 0.396 e. The SMILES string of the molecule is Cc1ccccc1C(C)(C)N.[O-][I+2]([O-])O. The summed E-state index contributed by atoms with van der Waals surface area (Å²) in [6, 6.07) is 8.22. The molecule has 3 N–H and O–H groups in total. The first-order chi connectivity index (χ1) is 6.75. The van der Waals surface area contributed by atoms with Gasteiger partial charge in [-0.2, -0.15) is 0 Å². The van der Waals surface area contributed by atoms with Gasteiger partial charge >= 0.3 is 21.1 Å². The van der Waals surface area contributed by atoms with Gasteiger partial charge in [0.1, 0.15) is 0 Å². The van der Waals surface area contributed by atoms with Crippen molar-refractivity contribution in [3.8, 4) is 0 Å². The van der Waals surface area contributed by atoms with E-state index >= 15 is 0 Å². The lowest BCUT2D eigenvalue weighted by atomic mass is 9.92. The number of rotatable bonds is 1. The van der Waals surface area contributed by atoms with Crippen molar-refractivity contribution >= 4 is 0 Å². The van der Waals surface area contributed by atoms with Crippen molar-refractivity contribution in [3.05, 3.63) is 35.4 Å². The van der Waals surface area contributed by atoms with E-state index in [2.05, 4.69) is 19.1 Å². The summed E-state index contributed by atoms with van der Waals surface area (Å²) >= 11 is -3.76. The second-order valence-electron chi connectivity index (χ2n) is 3.74. The van der Waals surface area contributed by atoms with Crippen LogP contribution in [0.2, 0.25) is 0 Å². The van der Waals surface area contributed by atoms with E-state index in [9.17, 15) is 0 Å². The number of hydrogen-bond donors (Lipinski definition) is 2. The Hall–Kier alpha value is -0.210. The molecule has 1 aromatic rings. The van der Waals surface area contributed by atoms with Crippen LogP contribution in [0.25, 0.3) is 0 Å². The zero-order valence-corrected chi connectivity index (χ0v) is 11.2. The first-order valence-corrected chi connectivity index (χ1v) is 7.07. The van der Waals surface area contributed by atoms with Gasteiger partial charge in [0.05, 0.1) is 0 Å². The van der Waals surface area contributed by atoms with Crippen molar-refractivity contribution in [3.63, 3.8) is 0 Å². The van der Waals surface area contributed by atoms with Gasteiger partial charge < -0.3 is 12.6 Å². The molecule has 0 aliphatic carbocycles. The molecule has 0 atom stereocenters. The summed E-state index contributed by atoms with van der Waals surface area (Å²) in [5, 5.41) is 0. The third-order valence-corrected chi connectivity index (χ3v) is 1.84. The largest absolute Gasteiger partial charge is 0.503 e. The van der Waals surface area contributed by atoms with E-state index in [-0.39, 0.29) is 5.54 Å². The molecule has 0 aliphatic rings. The van der Waals surface area contributed by atoms with Gasteiger partial charge in [0, 0.05) is 5.54 Å². The lowest BCUT2D eigenvalue weighted by Crippen LogP contribution is -3.98. The first-order valence-electron chi connectivity index (χ1n) is 4.34. The highest BCUT2D eigenvalue weighted by Gasteiger charge is 2.14. The van der Waals surface area contributed by atoms with Gasteiger partial charge in [-0.1, -0.05) is 24.3 Å². The minimum absolute atomic E-state index is 0.217. The molecule has 5 heteroatoms. The van der Waals surface area contributed by atoms with Gasteiger partial charge in [-0.3, -0.25) is 0 Å². The molecular formula is C10H16INO3. The Kier molecular flexibility index (Phi) is 6.30. The second kappa shape index (κ2) is 6.39. The number of hydrogen-bond acceptors (Lipinski definition) is 4. The number of halogens is 1. The van der Waals surface area contributed by atoms with Crippen LogP contribution in [0.3, 0.4) is 0 Å². The van der Waals surface area contributed by atoms with Crippen molar-refractivity contribution in [2.24, 2.45) is 5.73 Å². The Morgan fingerprint density at radius 2 is 1.67 bits per heavy atom. The van der Waals surface area contributed by atoms with Gasteiger partial charge in [0.15, 0.2) is 0 Å². The Labute approximate surface area is 98.8 Å². The highest BCUT2D eigenvalue weighted by molar-refractivity contribution is 5.30. The Bertz CT molecular complexity index is 294. The third kappa shape index (κ3) is 6.80. The molecule has 0 radical (unpaired) electrons. The summed E-state index contributed by atoms with van der Waals surface area (Å²) in [5.41, 5.74) is 8.23. The molecule has 0 heterocycles. The Morgan fingerprint density at radius 3 is 1.93 bits per heavy atom. The minimum atomic E-state index is -3.76. The van der Waals surface area contributed by atoms with Crippen LogP contribution in [0, 0.1) is 6.92 Å². The lowest BCUT2D eigenvalue weighted by Gasteiger charge is -2.21. The standard InChI is InChI=1S/C10H15N.HIO3/c1-8-6-4-5-7-9(8)10(2,3)11;2-1(3)4/h4-7H,11H2,1-3H3;2H. The van der Waals surface area contributed by atoms with Crippen LogP contribution in [0.4, 0.5) is 0 Å². The van der Waals surface area contributed by atoms with E-state index in [0.29, 0.717) is 0 Å². The molecule has 0 bridgehead atoms. The van der Waals surface area contributed by atoms with Crippen molar-refractivity contribution in [1.29, 1.82) is 0 Å². The van der Waals surface area contributed by atoms with Crippen LogP contribution in [0.5, 0.6) is 0 Å². The van der Waals surface area contributed by atoms with Gasteiger partial charge in [-0.05, 0) is 35.3 Å². The van der Waals surface area contributed by atoms with Crippen LogP contribution in [-0.2, 0) is 5.54 Å². The van der Waals surface area contributed by atoms with Crippen LogP contribution < -0.4 is 33.7 Å². The zero-order valence-electron chi connectivity index (χ0n) is 9.03. The molecule has 15 heavy (non-hydrogen) atoms. The molecule has 0 unspecified atom stereocenters. The van der Waals surface area contributed by atoms with Crippen molar-refractivity contribution in [1.82, 2.24) is 0 Å². The maximum atomic E-state index is 8.68. The molecule has 0 fully saturated rings. The van der Waals surface area contributed by atoms with Crippen LogP contribution in [-0.4, -0.2) is 3.44 Å². The van der Waals surface area contributed by atoms with Gasteiger partial charge in [-0.15, -0.1) is 0 Å². The molecular weight excluding hydrogens is 309 g/mol. The van der Waals surface area contributed by atoms with Crippen molar-refractivity contribution < 1.29 is 31.4 Å². The van der Waals surface area contributed by atoms with Crippen molar-refractivity contribution in [2.75, 3.05) is 0 Å². The highest BCUT2D eigenvalue weighted by atomic mass is 127. The summed E-state index contributed by atoms with van der Waals surface area (Å²) < 4.78 is 24.5. The molecule has 0 aromatic heterocycles. The molecule has 0 aliphatic heterocycles. The first kappa shape index (κ1) is 14.8. The van der Waals surface area contributed by atoms with E-state index < -0.39 is 21.1 Å². The van der Waals surface area contributed by atoms with E-state index in [1.807, 2.05) is 26.0 Å². The van der Waals surface area contributed by atoms with Crippen LogP contribution in [0.1, 0.15) is 25.0 Å².